The lowest BCUT2D eigenvalue weighted by Crippen LogP contribution is -2.39. The maximum Gasteiger partial charge on any atom is 0.248 e. The first kappa shape index (κ1) is 19.2. The molecule has 2 rings (SSSR count). The summed E-state index contributed by atoms with van der Waals surface area (Å²) in [7, 11) is 1.84. The fourth-order valence-corrected chi connectivity index (χ4v) is 2.69. The Kier molecular flexibility index (Phi) is 6.42. The summed E-state index contributed by atoms with van der Waals surface area (Å²) < 4.78 is 0. The number of nitrogens with zero attached hydrogens (tertiary/aromatic N) is 1. The first-order valence-electron chi connectivity index (χ1n) is 7.63. The summed E-state index contributed by atoms with van der Waals surface area (Å²) in [4.78, 5) is 25.3. The lowest BCUT2D eigenvalue weighted by molar-refractivity contribution is -0.120. The van der Waals surface area contributed by atoms with Crippen molar-refractivity contribution in [2.24, 2.45) is 5.73 Å². The van der Waals surface area contributed by atoms with Gasteiger partial charge in [0.2, 0.25) is 11.8 Å². The highest BCUT2D eigenvalue weighted by molar-refractivity contribution is 6.35. The lowest BCUT2D eigenvalue weighted by Gasteiger charge is -2.24. The Morgan fingerprint density at radius 1 is 1.16 bits per heavy atom. The lowest BCUT2D eigenvalue weighted by atomic mass is 10.1. The van der Waals surface area contributed by atoms with Gasteiger partial charge in [0.1, 0.15) is 0 Å². The molecule has 0 radical (unpaired) electrons. The first-order valence-corrected chi connectivity index (χ1v) is 8.38. The Hall–Kier alpha value is -2.08. The van der Waals surface area contributed by atoms with Crippen LogP contribution in [0.15, 0.2) is 42.5 Å². The molecule has 0 saturated heterocycles. The van der Waals surface area contributed by atoms with Gasteiger partial charge < -0.3 is 11.1 Å². The van der Waals surface area contributed by atoms with Crippen LogP contribution < -0.4 is 11.1 Å². The fraction of sp³-hybridized carbons (Fsp3) is 0.222. The Morgan fingerprint density at radius 2 is 1.80 bits per heavy atom. The van der Waals surface area contributed by atoms with E-state index < -0.39 is 5.91 Å². The molecule has 1 atom stereocenters. The second-order valence-corrected chi connectivity index (χ2v) is 6.60. The molecule has 2 amide bonds. The molecule has 3 N–H and O–H groups in total. The highest BCUT2D eigenvalue weighted by atomic mass is 35.5. The van der Waals surface area contributed by atoms with Gasteiger partial charge in [-0.05, 0) is 55.9 Å². The van der Waals surface area contributed by atoms with E-state index >= 15 is 0 Å². The van der Waals surface area contributed by atoms with Crippen LogP contribution in [0, 0.1) is 0 Å². The zero-order valence-corrected chi connectivity index (χ0v) is 15.4. The minimum absolute atomic E-state index is 0.167. The van der Waals surface area contributed by atoms with Gasteiger partial charge in [0.15, 0.2) is 0 Å². The summed E-state index contributed by atoms with van der Waals surface area (Å²) in [6.07, 6.45) is 0. The Bertz CT molecular complexity index is 778. The molecule has 0 aliphatic rings. The summed E-state index contributed by atoms with van der Waals surface area (Å²) >= 11 is 12.1. The average Bonchev–Trinajstić information content (AvgIpc) is 2.57. The van der Waals surface area contributed by atoms with Gasteiger partial charge in [0.25, 0.3) is 0 Å². The van der Waals surface area contributed by atoms with Gasteiger partial charge >= 0.3 is 0 Å². The SMILES string of the molecule is C[C@@H](C(=O)Nc1ccc(C(N)=O)cc1)N(C)Cc1ccc(Cl)cc1Cl. The Labute approximate surface area is 156 Å². The molecule has 0 aliphatic heterocycles. The van der Waals surface area contributed by atoms with E-state index in [4.69, 9.17) is 28.9 Å². The van der Waals surface area contributed by atoms with E-state index in [0.29, 0.717) is 27.8 Å². The molecule has 2 aromatic carbocycles. The molecule has 5 nitrogen and oxygen atoms in total. The molecule has 0 unspecified atom stereocenters. The van der Waals surface area contributed by atoms with Gasteiger partial charge in [-0.2, -0.15) is 0 Å². The summed E-state index contributed by atoms with van der Waals surface area (Å²) in [6.45, 7) is 2.31. The molecular weight excluding hydrogens is 361 g/mol. The molecule has 0 spiro atoms. The van der Waals surface area contributed by atoms with E-state index in [9.17, 15) is 9.59 Å². The minimum Gasteiger partial charge on any atom is -0.366 e. The number of amides is 2. The van der Waals surface area contributed by atoms with Crippen LogP contribution in [0.3, 0.4) is 0 Å². The van der Waals surface area contributed by atoms with Crippen LogP contribution in [-0.2, 0) is 11.3 Å². The number of halogens is 2. The standard InChI is InChI=1S/C18H19Cl2N3O2/c1-11(23(2)10-13-3-6-14(19)9-16(13)20)18(25)22-15-7-4-12(5-8-15)17(21)24/h3-9,11H,10H2,1-2H3,(H2,21,24)(H,22,25)/t11-/m0/s1. The second-order valence-electron chi connectivity index (χ2n) is 5.76. The number of carbonyl (C=O) groups is 2. The van der Waals surface area contributed by atoms with Crippen molar-refractivity contribution >= 4 is 40.7 Å². The van der Waals surface area contributed by atoms with Crippen molar-refractivity contribution < 1.29 is 9.59 Å². The van der Waals surface area contributed by atoms with Crippen LogP contribution in [0.5, 0.6) is 0 Å². The second kappa shape index (κ2) is 8.34. The highest BCUT2D eigenvalue weighted by Crippen LogP contribution is 2.22. The number of primary amides is 1. The molecule has 0 aromatic heterocycles. The van der Waals surface area contributed by atoms with Gasteiger partial charge in [0, 0.05) is 27.8 Å². The first-order chi connectivity index (χ1) is 11.8. The number of nitrogens with two attached hydrogens (primary N) is 1. The van der Waals surface area contributed by atoms with Crippen molar-refractivity contribution in [1.82, 2.24) is 4.90 Å². The number of rotatable bonds is 6. The van der Waals surface area contributed by atoms with Crippen molar-refractivity contribution in [3.63, 3.8) is 0 Å². The van der Waals surface area contributed by atoms with Crippen molar-refractivity contribution in [1.29, 1.82) is 0 Å². The quantitative estimate of drug-likeness (QED) is 0.805. The molecular formula is C18H19Cl2N3O2. The molecule has 7 heteroatoms. The Balaban J connectivity index is 1.99. The van der Waals surface area contributed by atoms with E-state index in [-0.39, 0.29) is 11.9 Å². The van der Waals surface area contributed by atoms with Gasteiger partial charge in [0.05, 0.1) is 6.04 Å². The van der Waals surface area contributed by atoms with Crippen LogP contribution in [-0.4, -0.2) is 29.8 Å². The van der Waals surface area contributed by atoms with Crippen LogP contribution in [0.4, 0.5) is 5.69 Å². The number of benzene rings is 2. The number of hydrogen-bond acceptors (Lipinski definition) is 3. The molecule has 0 aliphatic carbocycles. The van der Waals surface area contributed by atoms with Crippen LogP contribution in [0.25, 0.3) is 0 Å². The van der Waals surface area contributed by atoms with Crippen molar-refractivity contribution in [2.75, 3.05) is 12.4 Å². The van der Waals surface area contributed by atoms with E-state index in [1.165, 1.54) is 0 Å². The third-order valence-electron chi connectivity index (χ3n) is 3.91. The molecule has 0 heterocycles. The molecule has 2 aromatic rings. The van der Waals surface area contributed by atoms with Gasteiger partial charge in [-0.15, -0.1) is 0 Å². The summed E-state index contributed by atoms with van der Waals surface area (Å²) in [5.41, 5.74) is 7.07. The molecule has 0 fully saturated rings. The normalized spacial score (nSPS) is 12.0. The monoisotopic (exact) mass is 379 g/mol. The smallest absolute Gasteiger partial charge is 0.248 e. The predicted octanol–water partition coefficient (Wildman–Crippen LogP) is 3.55. The predicted molar refractivity (Wildman–Crippen MR) is 101 cm³/mol. The summed E-state index contributed by atoms with van der Waals surface area (Å²) in [5, 5.41) is 3.95. The third-order valence-corrected chi connectivity index (χ3v) is 4.50. The topological polar surface area (TPSA) is 75.4 Å². The maximum absolute atomic E-state index is 12.4. The van der Waals surface area contributed by atoms with Crippen LogP contribution in [0.2, 0.25) is 10.0 Å². The number of carbonyl (C=O) groups excluding carboxylic acids is 2. The molecule has 0 saturated carbocycles. The van der Waals surface area contributed by atoms with Crippen LogP contribution >= 0.6 is 23.2 Å². The average molecular weight is 380 g/mol. The molecule has 132 valence electrons. The minimum atomic E-state index is -0.508. The maximum atomic E-state index is 12.4. The van der Waals surface area contributed by atoms with Crippen molar-refractivity contribution in [3.05, 3.63) is 63.6 Å². The van der Waals surface area contributed by atoms with Gasteiger partial charge in [-0.25, -0.2) is 0 Å². The molecule has 0 bridgehead atoms. The van der Waals surface area contributed by atoms with Crippen molar-refractivity contribution in [2.45, 2.75) is 19.5 Å². The molecule has 25 heavy (non-hydrogen) atoms. The highest BCUT2D eigenvalue weighted by Gasteiger charge is 2.19. The summed E-state index contributed by atoms with van der Waals surface area (Å²) in [6, 6.07) is 11.3. The van der Waals surface area contributed by atoms with Crippen molar-refractivity contribution in [3.8, 4) is 0 Å². The van der Waals surface area contributed by atoms with E-state index in [0.717, 1.165) is 5.56 Å². The van der Waals surface area contributed by atoms with Gasteiger partial charge in [-0.3, -0.25) is 14.5 Å². The van der Waals surface area contributed by atoms with E-state index in [1.54, 1.807) is 43.3 Å². The zero-order valence-electron chi connectivity index (χ0n) is 13.9. The zero-order chi connectivity index (χ0) is 18.6. The Morgan fingerprint density at radius 3 is 2.36 bits per heavy atom. The number of likely N-dealkylation sites (N-methyl/N-ethyl adjacent to an activating group) is 1. The van der Waals surface area contributed by atoms with E-state index in [2.05, 4.69) is 5.32 Å². The fourth-order valence-electron chi connectivity index (χ4n) is 2.22. The van der Waals surface area contributed by atoms with E-state index in [1.807, 2.05) is 18.0 Å². The van der Waals surface area contributed by atoms with Crippen LogP contribution in [0.1, 0.15) is 22.8 Å². The largest absolute Gasteiger partial charge is 0.366 e. The number of nitrogens with one attached hydrogen (secondary N) is 1. The van der Waals surface area contributed by atoms with Gasteiger partial charge in [-0.1, -0.05) is 29.3 Å². The third kappa shape index (κ3) is 5.19. The summed E-state index contributed by atoms with van der Waals surface area (Å²) in [5.74, 6) is -0.676. The number of hydrogen-bond donors (Lipinski definition) is 2. The number of anilines is 1.